The maximum Gasteiger partial charge on any atom is 0.191 e. The van der Waals surface area contributed by atoms with Crippen LogP contribution in [0.1, 0.15) is 48.0 Å². The quantitative estimate of drug-likeness (QED) is 0.385. The first kappa shape index (κ1) is 19.0. The minimum Gasteiger partial charge on any atom is -0.416 e. The van der Waals surface area contributed by atoms with Crippen molar-refractivity contribution in [3.63, 3.8) is 0 Å². The van der Waals surface area contributed by atoms with Gasteiger partial charge in [-0.15, -0.1) is 12.3 Å². The Morgan fingerprint density at radius 3 is 1.53 bits per heavy atom. The topological polar surface area (TPSA) is 9.23 Å². The van der Waals surface area contributed by atoms with E-state index in [4.69, 9.17) is 10.8 Å². The predicted octanol–water partition coefficient (Wildman–Crippen LogP) is 5.45. The largest absolute Gasteiger partial charge is 0.416 e. The molecule has 0 amide bonds. The van der Waals surface area contributed by atoms with Crippen molar-refractivity contribution in [2.75, 3.05) is 0 Å². The van der Waals surface area contributed by atoms with Gasteiger partial charge in [0.1, 0.15) is 0 Å². The number of hydrogen-bond acceptors (Lipinski definition) is 1. The Kier molecular flexibility index (Phi) is 8.97. The van der Waals surface area contributed by atoms with Gasteiger partial charge in [-0.2, -0.15) is 0 Å². The summed E-state index contributed by atoms with van der Waals surface area (Å²) in [6.07, 6.45) is 6.47. The van der Waals surface area contributed by atoms with Crippen molar-refractivity contribution >= 4 is 16.4 Å². The van der Waals surface area contributed by atoms with Crippen LogP contribution in [0.25, 0.3) is 0 Å². The molecule has 0 saturated heterocycles. The van der Waals surface area contributed by atoms with E-state index in [1.807, 2.05) is 0 Å². The smallest absolute Gasteiger partial charge is 0.191 e. The van der Waals surface area contributed by atoms with E-state index in [-0.39, 0.29) is 0 Å². The molecule has 1 atom stereocenters. The summed E-state index contributed by atoms with van der Waals surface area (Å²) in [7, 11) is -2.89. The SMILES string of the molecule is C#CCC(O[Si](CC)(CC)CC)[Si](CC)(CC)CC. The van der Waals surface area contributed by atoms with Crippen LogP contribution in [0.2, 0.25) is 36.3 Å². The highest BCUT2D eigenvalue weighted by Crippen LogP contribution is 2.33. The van der Waals surface area contributed by atoms with Crippen molar-refractivity contribution < 1.29 is 4.43 Å². The molecule has 0 spiro atoms. The minimum atomic E-state index is -1.54. The van der Waals surface area contributed by atoms with Gasteiger partial charge in [-0.25, -0.2) is 0 Å². The lowest BCUT2D eigenvalue weighted by molar-refractivity contribution is 0.254. The molecule has 19 heavy (non-hydrogen) atoms. The van der Waals surface area contributed by atoms with Crippen molar-refractivity contribution in [1.29, 1.82) is 0 Å². The van der Waals surface area contributed by atoms with Gasteiger partial charge in [0.15, 0.2) is 8.32 Å². The first-order chi connectivity index (χ1) is 9.03. The summed E-state index contributed by atoms with van der Waals surface area (Å²) in [5, 5.41) is 0. The molecule has 0 saturated carbocycles. The van der Waals surface area contributed by atoms with Crippen molar-refractivity contribution in [2.24, 2.45) is 0 Å². The molecule has 0 N–H and O–H groups in total. The molecule has 3 heteroatoms. The molecule has 0 aromatic rings. The van der Waals surface area contributed by atoms with Gasteiger partial charge in [-0.3, -0.25) is 0 Å². The monoisotopic (exact) mass is 298 g/mol. The highest BCUT2D eigenvalue weighted by Gasteiger charge is 2.41. The van der Waals surface area contributed by atoms with E-state index >= 15 is 0 Å². The maximum absolute atomic E-state index is 6.82. The van der Waals surface area contributed by atoms with Gasteiger partial charge in [0.25, 0.3) is 0 Å². The van der Waals surface area contributed by atoms with Crippen LogP contribution >= 0.6 is 0 Å². The van der Waals surface area contributed by atoms with E-state index in [1.54, 1.807) is 0 Å². The van der Waals surface area contributed by atoms with Gasteiger partial charge in [0, 0.05) is 12.1 Å². The van der Waals surface area contributed by atoms with Crippen LogP contribution in [-0.4, -0.2) is 22.1 Å². The third-order valence-electron chi connectivity index (χ3n) is 5.42. The van der Waals surface area contributed by atoms with E-state index in [2.05, 4.69) is 47.5 Å². The summed E-state index contributed by atoms with van der Waals surface area (Å²) in [5.74, 6) is 2.90. The van der Waals surface area contributed by atoms with Gasteiger partial charge >= 0.3 is 0 Å². The maximum atomic E-state index is 6.82. The predicted molar refractivity (Wildman–Crippen MR) is 92.7 cm³/mol. The Morgan fingerprint density at radius 1 is 0.842 bits per heavy atom. The fraction of sp³-hybridized carbons (Fsp3) is 0.875. The molecule has 0 fully saturated rings. The second-order valence-corrected chi connectivity index (χ2v) is 15.9. The highest BCUT2D eigenvalue weighted by molar-refractivity contribution is 6.82. The van der Waals surface area contributed by atoms with Crippen molar-refractivity contribution in [3.05, 3.63) is 0 Å². The van der Waals surface area contributed by atoms with E-state index in [0.717, 1.165) is 6.42 Å². The first-order valence-corrected chi connectivity index (χ1v) is 13.4. The molecule has 0 aromatic carbocycles. The molecule has 0 bridgehead atoms. The Morgan fingerprint density at radius 2 is 1.26 bits per heavy atom. The van der Waals surface area contributed by atoms with E-state index < -0.39 is 16.4 Å². The average Bonchev–Trinajstić information content (AvgIpc) is 2.47. The number of rotatable bonds is 10. The molecule has 0 aliphatic rings. The van der Waals surface area contributed by atoms with Gasteiger partial charge in [0.05, 0.1) is 8.07 Å². The number of terminal acetylenes is 1. The van der Waals surface area contributed by atoms with Crippen LogP contribution < -0.4 is 0 Å². The van der Waals surface area contributed by atoms with Crippen LogP contribution in [0.3, 0.4) is 0 Å². The van der Waals surface area contributed by atoms with Gasteiger partial charge in [-0.1, -0.05) is 59.7 Å². The van der Waals surface area contributed by atoms with Crippen molar-refractivity contribution in [3.8, 4) is 12.3 Å². The zero-order chi connectivity index (χ0) is 14.9. The molecule has 1 unspecified atom stereocenters. The summed E-state index contributed by atoms with van der Waals surface area (Å²) in [6, 6.07) is 7.57. The molecule has 1 nitrogen and oxygen atoms in total. The lowest BCUT2D eigenvalue weighted by Gasteiger charge is -2.42. The summed E-state index contributed by atoms with van der Waals surface area (Å²) in [4.78, 5) is 0. The molecule has 0 aliphatic heterocycles. The Hall–Kier alpha value is -0.0462. The molecule has 0 rings (SSSR count). The lowest BCUT2D eigenvalue weighted by Crippen LogP contribution is -2.53. The first-order valence-electron chi connectivity index (χ1n) is 8.14. The van der Waals surface area contributed by atoms with Crippen LogP contribution in [0, 0.1) is 12.3 Å². The summed E-state index contributed by atoms with van der Waals surface area (Å²) < 4.78 is 6.82. The van der Waals surface area contributed by atoms with Gasteiger partial charge < -0.3 is 4.43 Å². The zero-order valence-electron chi connectivity index (χ0n) is 14.0. The normalized spacial score (nSPS) is 14.2. The fourth-order valence-electron chi connectivity index (χ4n) is 3.23. The Balaban J connectivity index is 5.26. The summed E-state index contributed by atoms with van der Waals surface area (Å²) >= 11 is 0. The van der Waals surface area contributed by atoms with Crippen LogP contribution in [0.5, 0.6) is 0 Å². The van der Waals surface area contributed by atoms with Crippen LogP contribution in [0.4, 0.5) is 0 Å². The molecule has 0 radical (unpaired) electrons. The average molecular weight is 299 g/mol. The molecular weight excluding hydrogens is 264 g/mol. The standard InChI is InChI=1S/C16H34OSi2/c1-8-15-16(18(9-2,10-3)11-4)17-19(12-5,13-6)14-7/h1,16H,9-15H2,2-7H3. The summed E-state index contributed by atoms with van der Waals surface area (Å²) in [5.41, 5.74) is 0.393. The number of hydrogen-bond donors (Lipinski definition) is 0. The van der Waals surface area contributed by atoms with Crippen molar-refractivity contribution in [1.82, 2.24) is 0 Å². The fourth-order valence-corrected chi connectivity index (χ4v) is 11.1. The minimum absolute atomic E-state index is 0.393. The lowest BCUT2D eigenvalue weighted by atomic mass is 10.5. The van der Waals surface area contributed by atoms with Crippen molar-refractivity contribution in [2.45, 2.75) is 90.0 Å². The Labute approximate surface area is 123 Å². The molecule has 112 valence electrons. The second-order valence-electron chi connectivity index (χ2n) is 5.68. The zero-order valence-corrected chi connectivity index (χ0v) is 16.0. The van der Waals surface area contributed by atoms with E-state index in [0.29, 0.717) is 5.73 Å². The second kappa shape index (κ2) is 8.99. The third kappa shape index (κ3) is 4.48. The van der Waals surface area contributed by atoms with Gasteiger partial charge in [0.2, 0.25) is 0 Å². The van der Waals surface area contributed by atoms with Gasteiger partial charge in [-0.05, 0) is 18.1 Å². The highest BCUT2D eigenvalue weighted by atomic mass is 28.4. The van der Waals surface area contributed by atoms with Crippen LogP contribution in [0.15, 0.2) is 0 Å². The Bertz CT molecular complexity index is 258. The van der Waals surface area contributed by atoms with Crippen LogP contribution in [-0.2, 0) is 4.43 Å². The molecule has 0 aliphatic carbocycles. The summed E-state index contributed by atoms with van der Waals surface area (Å²) in [6.45, 7) is 14.0. The third-order valence-corrected chi connectivity index (χ3v) is 16.2. The van der Waals surface area contributed by atoms with E-state index in [1.165, 1.54) is 36.3 Å². The molecule has 0 heterocycles. The molecule has 0 aromatic heterocycles. The van der Waals surface area contributed by atoms with E-state index in [9.17, 15) is 0 Å². The molecular formula is C16H34OSi2.